The summed E-state index contributed by atoms with van der Waals surface area (Å²) in [5.74, 6) is 1.87. The molecule has 1 aliphatic heterocycles. The van der Waals surface area contributed by atoms with Crippen LogP contribution in [0.5, 0.6) is 11.5 Å². The fourth-order valence-corrected chi connectivity index (χ4v) is 5.48. The van der Waals surface area contributed by atoms with Gasteiger partial charge in [0.15, 0.2) is 17.3 Å². The van der Waals surface area contributed by atoms with Crippen LogP contribution in [-0.4, -0.2) is 48.2 Å². The van der Waals surface area contributed by atoms with Crippen LogP contribution >= 0.6 is 11.6 Å². The van der Waals surface area contributed by atoms with Gasteiger partial charge in [-0.15, -0.1) is 0 Å². The van der Waals surface area contributed by atoms with Crippen LogP contribution in [0.1, 0.15) is 19.8 Å². The van der Waals surface area contributed by atoms with Gasteiger partial charge in [0.2, 0.25) is 0 Å². The molecule has 3 atom stereocenters. The van der Waals surface area contributed by atoms with Gasteiger partial charge in [-0.2, -0.15) is 0 Å². The number of fused-ring (bicyclic) bond motifs is 2. The van der Waals surface area contributed by atoms with Gasteiger partial charge in [-0.25, -0.2) is 18.7 Å². The smallest absolute Gasteiger partial charge is 0.168 e. The maximum Gasteiger partial charge on any atom is 0.168 e. The summed E-state index contributed by atoms with van der Waals surface area (Å²) in [5, 5.41) is 2.92. The second-order valence-corrected chi connectivity index (χ2v) is 9.49. The van der Waals surface area contributed by atoms with E-state index in [4.69, 9.17) is 21.1 Å². The summed E-state index contributed by atoms with van der Waals surface area (Å²) in [5.41, 5.74) is 0.628. The first kappa shape index (κ1) is 23.1. The van der Waals surface area contributed by atoms with Crippen molar-refractivity contribution in [3.8, 4) is 11.5 Å². The summed E-state index contributed by atoms with van der Waals surface area (Å²) in [6.07, 6.45) is 3.76. The Kier molecular flexibility index (Phi) is 6.44. The Morgan fingerprint density at radius 2 is 1.88 bits per heavy atom. The van der Waals surface area contributed by atoms with Crippen LogP contribution < -0.4 is 14.8 Å². The van der Waals surface area contributed by atoms with Gasteiger partial charge in [0, 0.05) is 24.5 Å². The topological polar surface area (TPSA) is 59.5 Å². The summed E-state index contributed by atoms with van der Waals surface area (Å²) in [7, 11) is 1.57. The fourth-order valence-electron chi connectivity index (χ4n) is 5.31. The van der Waals surface area contributed by atoms with Crippen LogP contribution in [0.25, 0.3) is 10.9 Å². The Balaban J connectivity index is 1.34. The van der Waals surface area contributed by atoms with E-state index in [0.717, 1.165) is 24.4 Å². The van der Waals surface area contributed by atoms with E-state index in [1.165, 1.54) is 38.3 Å². The van der Waals surface area contributed by atoms with Crippen LogP contribution in [0.3, 0.4) is 0 Å². The molecule has 9 heteroatoms. The van der Waals surface area contributed by atoms with Crippen LogP contribution in [0.15, 0.2) is 30.6 Å². The second-order valence-electron chi connectivity index (χ2n) is 9.11. The first-order chi connectivity index (χ1) is 16.5. The van der Waals surface area contributed by atoms with E-state index in [1.807, 2.05) is 6.07 Å². The van der Waals surface area contributed by atoms with Gasteiger partial charge in [0.1, 0.15) is 23.0 Å². The van der Waals surface area contributed by atoms with E-state index in [2.05, 4.69) is 27.1 Å². The molecule has 0 unspecified atom stereocenters. The van der Waals surface area contributed by atoms with Gasteiger partial charge in [0.25, 0.3) is 0 Å². The maximum atomic E-state index is 14.4. The molecule has 2 heterocycles. The number of nitrogens with one attached hydrogen (secondary N) is 1. The lowest BCUT2D eigenvalue weighted by Crippen LogP contribution is -2.22. The van der Waals surface area contributed by atoms with Crippen molar-refractivity contribution in [3.63, 3.8) is 0 Å². The SMILES string of the molecule is CCN1C[C@H]2C[C@@H](COc3cc4ncnc(Nc5ccc(F)c(Cl)c5F)c4cc3OC)C[C@H]2C1. The van der Waals surface area contributed by atoms with E-state index in [9.17, 15) is 8.78 Å². The van der Waals surface area contributed by atoms with Crippen molar-refractivity contribution >= 4 is 34.0 Å². The van der Waals surface area contributed by atoms with E-state index in [-0.39, 0.29) is 5.69 Å². The lowest BCUT2D eigenvalue weighted by atomic mass is 10.0. The zero-order chi connectivity index (χ0) is 23.8. The Morgan fingerprint density at radius 1 is 1.12 bits per heavy atom. The molecule has 1 N–H and O–H groups in total. The normalized spacial score (nSPS) is 22.2. The molecule has 2 fully saturated rings. The molecule has 0 amide bonds. The molecular formula is C25H27ClF2N4O2. The maximum absolute atomic E-state index is 14.4. The van der Waals surface area contributed by atoms with Crippen LogP contribution in [0, 0.1) is 29.4 Å². The summed E-state index contributed by atoms with van der Waals surface area (Å²) in [4.78, 5) is 11.1. The minimum Gasteiger partial charge on any atom is -0.493 e. The van der Waals surface area contributed by atoms with Gasteiger partial charge in [-0.1, -0.05) is 18.5 Å². The average molecular weight is 489 g/mol. The van der Waals surface area contributed by atoms with Crippen LogP contribution in [0.4, 0.5) is 20.3 Å². The van der Waals surface area contributed by atoms with Crippen molar-refractivity contribution in [2.75, 3.05) is 38.7 Å². The highest BCUT2D eigenvalue weighted by Crippen LogP contribution is 2.42. The fraction of sp³-hybridized carbons (Fsp3) is 0.440. The van der Waals surface area contributed by atoms with Crippen molar-refractivity contribution in [2.45, 2.75) is 19.8 Å². The van der Waals surface area contributed by atoms with Gasteiger partial charge in [-0.05, 0) is 55.3 Å². The molecular weight excluding hydrogens is 462 g/mol. The van der Waals surface area contributed by atoms with E-state index in [1.54, 1.807) is 13.2 Å². The zero-order valence-electron chi connectivity index (χ0n) is 19.2. The van der Waals surface area contributed by atoms with Crippen molar-refractivity contribution in [3.05, 3.63) is 47.2 Å². The molecule has 1 aromatic heterocycles. The first-order valence-corrected chi connectivity index (χ1v) is 11.9. The van der Waals surface area contributed by atoms with Gasteiger partial charge >= 0.3 is 0 Å². The van der Waals surface area contributed by atoms with Gasteiger partial charge in [0.05, 0.1) is 24.9 Å². The molecule has 180 valence electrons. The standard InChI is InChI=1S/C25H27ClF2N4O2/c1-3-32-10-15-6-14(7-16(15)11-32)12-34-22-9-20-17(8-21(22)33-2)25(30-13-29-20)31-19-5-4-18(27)23(26)24(19)28/h4-5,8-9,13-16H,3,6-7,10-12H2,1-2H3,(H,29,30,31)/t14-,15-,16+. The number of ether oxygens (including phenoxy) is 2. The minimum atomic E-state index is -0.885. The van der Waals surface area contributed by atoms with E-state index >= 15 is 0 Å². The van der Waals surface area contributed by atoms with E-state index < -0.39 is 16.7 Å². The second kappa shape index (κ2) is 9.50. The number of anilines is 2. The van der Waals surface area contributed by atoms with Crippen molar-refractivity contribution in [1.82, 2.24) is 14.9 Å². The molecule has 6 nitrogen and oxygen atoms in total. The number of likely N-dealkylation sites (tertiary alicyclic amines) is 1. The highest BCUT2D eigenvalue weighted by Gasteiger charge is 2.40. The summed E-state index contributed by atoms with van der Waals surface area (Å²) in [6, 6.07) is 5.94. The summed E-state index contributed by atoms with van der Waals surface area (Å²) >= 11 is 5.71. The molecule has 5 rings (SSSR count). The summed E-state index contributed by atoms with van der Waals surface area (Å²) in [6.45, 7) is 6.38. The summed E-state index contributed by atoms with van der Waals surface area (Å²) < 4.78 is 39.7. The van der Waals surface area contributed by atoms with Crippen molar-refractivity contribution in [2.24, 2.45) is 17.8 Å². The number of hydrogen-bond acceptors (Lipinski definition) is 6. The Labute approximate surface area is 202 Å². The molecule has 2 aliphatic rings. The highest BCUT2D eigenvalue weighted by molar-refractivity contribution is 6.31. The number of hydrogen-bond donors (Lipinski definition) is 1. The highest BCUT2D eigenvalue weighted by atomic mass is 35.5. The third kappa shape index (κ3) is 4.36. The first-order valence-electron chi connectivity index (χ1n) is 11.5. The lowest BCUT2D eigenvalue weighted by Gasteiger charge is -2.18. The Morgan fingerprint density at radius 3 is 2.59 bits per heavy atom. The molecule has 1 saturated carbocycles. The molecule has 3 aromatic rings. The molecule has 1 aliphatic carbocycles. The van der Waals surface area contributed by atoms with E-state index in [0.29, 0.717) is 40.7 Å². The minimum absolute atomic E-state index is 0.0131. The molecule has 2 aromatic carbocycles. The number of aromatic nitrogens is 2. The quantitative estimate of drug-likeness (QED) is 0.432. The van der Waals surface area contributed by atoms with Crippen molar-refractivity contribution in [1.29, 1.82) is 0 Å². The van der Waals surface area contributed by atoms with Gasteiger partial charge in [-0.3, -0.25) is 0 Å². The largest absolute Gasteiger partial charge is 0.493 e. The van der Waals surface area contributed by atoms with Gasteiger partial charge < -0.3 is 19.7 Å². The third-order valence-corrected chi connectivity index (χ3v) is 7.40. The number of rotatable bonds is 7. The number of methoxy groups -OCH3 is 1. The van der Waals surface area contributed by atoms with Crippen LogP contribution in [0.2, 0.25) is 5.02 Å². The monoisotopic (exact) mass is 488 g/mol. The molecule has 1 saturated heterocycles. The Bertz CT molecular complexity index is 1200. The molecule has 34 heavy (non-hydrogen) atoms. The molecule has 0 bridgehead atoms. The van der Waals surface area contributed by atoms with Crippen LogP contribution in [-0.2, 0) is 0 Å². The number of nitrogens with zero attached hydrogens (tertiary/aromatic N) is 3. The number of benzene rings is 2. The zero-order valence-corrected chi connectivity index (χ0v) is 19.9. The predicted octanol–water partition coefficient (Wildman–Crippen LogP) is 5.67. The predicted molar refractivity (Wildman–Crippen MR) is 128 cm³/mol. The van der Waals surface area contributed by atoms with Crippen molar-refractivity contribution < 1.29 is 18.3 Å². The Hall–Kier alpha value is -2.71. The lowest BCUT2D eigenvalue weighted by molar-refractivity contribution is 0.223. The molecule has 0 radical (unpaired) electrons. The molecule has 0 spiro atoms. The average Bonchev–Trinajstić information content (AvgIpc) is 3.41. The third-order valence-electron chi connectivity index (χ3n) is 7.05. The number of halogens is 3.